The molecule has 0 fully saturated rings. The summed E-state index contributed by atoms with van der Waals surface area (Å²) in [4.78, 5) is 1.38. The number of hydrogen-bond acceptors (Lipinski definition) is 3. The molecule has 1 aromatic carbocycles. The molecule has 2 unspecified atom stereocenters. The van der Waals surface area contributed by atoms with Crippen LogP contribution in [0, 0.1) is 0 Å². The number of nitrogens with two attached hydrogens (primary N) is 1. The normalized spacial score (nSPS) is 14.3. The van der Waals surface area contributed by atoms with Crippen LogP contribution in [-0.2, 0) is 6.42 Å². The van der Waals surface area contributed by atoms with Gasteiger partial charge in [0.15, 0.2) is 0 Å². The van der Waals surface area contributed by atoms with E-state index in [0.29, 0.717) is 5.92 Å². The van der Waals surface area contributed by atoms with Gasteiger partial charge in [0.25, 0.3) is 0 Å². The third-order valence-electron chi connectivity index (χ3n) is 3.37. The molecule has 2 aromatic rings. The minimum atomic E-state index is 0.288. The zero-order valence-electron chi connectivity index (χ0n) is 10.7. The first-order valence-electron chi connectivity index (χ1n) is 6.38. The molecule has 0 amide bonds. The van der Waals surface area contributed by atoms with Crippen molar-refractivity contribution in [3.63, 3.8) is 0 Å². The van der Waals surface area contributed by atoms with E-state index in [4.69, 9.17) is 5.84 Å². The van der Waals surface area contributed by atoms with Crippen molar-refractivity contribution in [3.8, 4) is 0 Å². The summed E-state index contributed by atoms with van der Waals surface area (Å²) >= 11 is 1.79. The maximum atomic E-state index is 5.76. The van der Waals surface area contributed by atoms with Crippen molar-refractivity contribution in [2.75, 3.05) is 0 Å². The van der Waals surface area contributed by atoms with Gasteiger partial charge in [0.2, 0.25) is 0 Å². The average Bonchev–Trinajstić information content (AvgIpc) is 2.92. The lowest BCUT2D eigenvalue weighted by Crippen LogP contribution is -2.41. The van der Waals surface area contributed by atoms with E-state index in [1.165, 1.54) is 10.4 Å². The van der Waals surface area contributed by atoms with Crippen LogP contribution in [0.15, 0.2) is 47.8 Å². The van der Waals surface area contributed by atoms with Crippen molar-refractivity contribution < 1.29 is 0 Å². The Bertz CT molecular complexity index is 439. The molecule has 3 N–H and O–H groups in total. The van der Waals surface area contributed by atoms with Crippen LogP contribution in [0.2, 0.25) is 0 Å². The van der Waals surface area contributed by atoms with E-state index in [-0.39, 0.29) is 6.04 Å². The van der Waals surface area contributed by atoms with Crippen molar-refractivity contribution in [2.24, 2.45) is 5.84 Å². The molecule has 18 heavy (non-hydrogen) atoms. The first-order valence-corrected chi connectivity index (χ1v) is 7.26. The number of nitrogens with one attached hydrogen (secondary N) is 1. The molecule has 0 saturated carbocycles. The van der Waals surface area contributed by atoms with E-state index in [0.717, 1.165) is 12.8 Å². The second-order valence-corrected chi connectivity index (χ2v) is 5.51. The molecule has 2 atom stereocenters. The zero-order chi connectivity index (χ0) is 12.8. The number of thiophene rings is 1. The largest absolute Gasteiger partial charge is 0.271 e. The molecule has 2 nitrogen and oxygen atoms in total. The fraction of sp³-hybridized carbons (Fsp3) is 0.333. The van der Waals surface area contributed by atoms with E-state index in [1.807, 2.05) is 0 Å². The minimum absolute atomic E-state index is 0.288. The first kappa shape index (κ1) is 13.3. The van der Waals surface area contributed by atoms with Crippen LogP contribution < -0.4 is 11.3 Å². The van der Waals surface area contributed by atoms with Crippen LogP contribution in [-0.4, -0.2) is 6.04 Å². The van der Waals surface area contributed by atoms with Gasteiger partial charge in [0.1, 0.15) is 0 Å². The lowest BCUT2D eigenvalue weighted by molar-refractivity contribution is 0.429. The van der Waals surface area contributed by atoms with Gasteiger partial charge in [-0.05, 0) is 29.9 Å². The molecule has 2 rings (SSSR count). The molecule has 0 bridgehead atoms. The quantitative estimate of drug-likeness (QED) is 0.617. The highest BCUT2D eigenvalue weighted by Crippen LogP contribution is 2.26. The Morgan fingerprint density at radius 3 is 2.50 bits per heavy atom. The van der Waals surface area contributed by atoms with Crippen LogP contribution >= 0.6 is 11.3 Å². The highest BCUT2D eigenvalue weighted by atomic mass is 32.1. The van der Waals surface area contributed by atoms with Gasteiger partial charge in [-0.2, -0.15) is 0 Å². The van der Waals surface area contributed by atoms with Gasteiger partial charge in [0.05, 0.1) is 0 Å². The lowest BCUT2D eigenvalue weighted by Gasteiger charge is -2.25. The molecule has 0 saturated heterocycles. The van der Waals surface area contributed by atoms with Crippen LogP contribution in [0.1, 0.15) is 29.7 Å². The van der Waals surface area contributed by atoms with Crippen molar-refractivity contribution in [1.82, 2.24) is 5.43 Å². The van der Waals surface area contributed by atoms with Crippen LogP contribution in [0.5, 0.6) is 0 Å². The van der Waals surface area contributed by atoms with Crippen LogP contribution in [0.25, 0.3) is 0 Å². The van der Waals surface area contributed by atoms with E-state index in [2.05, 4.69) is 60.2 Å². The van der Waals surface area contributed by atoms with Gasteiger partial charge >= 0.3 is 0 Å². The summed E-state index contributed by atoms with van der Waals surface area (Å²) in [6.07, 6.45) is 2.08. The first-order chi connectivity index (χ1) is 8.85. The van der Waals surface area contributed by atoms with E-state index < -0.39 is 0 Å². The standard InChI is InChI=1S/C15H20N2S/c1-2-14(12-7-4-3-5-8-12)15(17-16)11-13-9-6-10-18-13/h3-10,14-15,17H,2,11,16H2,1H3. The molecule has 1 aromatic heterocycles. The van der Waals surface area contributed by atoms with Crippen LogP contribution in [0.4, 0.5) is 0 Å². The average molecular weight is 260 g/mol. The summed E-state index contributed by atoms with van der Waals surface area (Å²) in [5, 5.41) is 2.12. The van der Waals surface area contributed by atoms with E-state index >= 15 is 0 Å². The fourth-order valence-corrected chi connectivity index (χ4v) is 3.18. The van der Waals surface area contributed by atoms with Crippen molar-refractivity contribution in [2.45, 2.75) is 31.7 Å². The minimum Gasteiger partial charge on any atom is -0.271 e. The summed E-state index contributed by atoms with van der Waals surface area (Å²) in [5.74, 6) is 6.21. The van der Waals surface area contributed by atoms with Crippen molar-refractivity contribution in [3.05, 3.63) is 58.3 Å². The molecule has 0 aliphatic rings. The highest BCUT2D eigenvalue weighted by Gasteiger charge is 2.21. The third-order valence-corrected chi connectivity index (χ3v) is 4.27. The Morgan fingerprint density at radius 2 is 1.94 bits per heavy atom. The predicted octanol–water partition coefficient (Wildman–Crippen LogP) is 3.32. The van der Waals surface area contributed by atoms with Gasteiger partial charge in [-0.15, -0.1) is 11.3 Å². The smallest absolute Gasteiger partial charge is 0.0327 e. The molecule has 0 radical (unpaired) electrons. The molecular weight excluding hydrogens is 240 g/mol. The van der Waals surface area contributed by atoms with Gasteiger partial charge in [-0.1, -0.05) is 43.3 Å². The Hall–Kier alpha value is -1.16. The number of hydrogen-bond donors (Lipinski definition) is 2. The summed E-state index contributed by atoms with van der Waals surface area (Å²) in [5.41, 5.74) is 4.36. The second-order valence-electron chi connectivity index (χ2n) is 4.48. The number of benzene rings is 1. The van der Waals surface area contributed by atoms with Crippen molar-refractivity contribution in [1.29, 1.82) is 0 Å². The second kappa shape index (κ2) is 6.69. The number of hydrazine groups is 1. The summed E-state index contributed by atoms with van der Waals surface area (Å²) < 4.78 is 0. The summed E-state index contributed by atoms with van der Waals surface area (Å²) in [7, 11) is 0. The summed E-state index contributed by atoms with van der Waals surface area (Å²) in [6, 6.07) is 15.2. The maximum absolute atomic E-state index is 5.76. The Balaban J connectivity index is 2.14. The molecule has 0 aliphatic heterocycles. The van der Waals surface area contributed by atoms with Crippen molar-refractivity contribution >= 4 is 11.3 Å². The lowest BCUT2D eigenvalue weighted by atomic mass is 9.87. The Kier molecular flexibility index (Phi) is 4.93. The fourth-order valence-electron chi connectivity index (χ4n) is 2.42. The molecule has 1 heterocycles. The third kappa shape index (κ3) is 3.19. The molecule has 3 heteroatoms. The SMILES string of the molecule is CCC(c1ccccc1)C(Cc1cccs1)NN. The van der Waals surface area contributed by atoms with E-state index in [1.54, 1.807) is 11.3 Å². The topological polar surface area (TPSA) is 38.0 Å². The summed E-state index contributed by atoms with van der Waals surface area (Å²) in [6.45, 7) is 2.22. The van der Waals surface area contributed by atoms with Gasteiger partial charge in [0, 0.05) is 16.8 Å². The molecule has 0 aliphatic carbocycles. The zero-order valence-corrected chi connectivity index (χ0v) is 11.5. The Labute approximate surface area is 113 Å². The maximum Gasteiger partial charge on any atom is 0.0327 e. The van der Waals surface area contributed by atoms with Gasteiger partial charge < -0.3 is 0 Å². The van der Waals surface area contributed by atoms with Crippen LogP contribution in [0.3, 0.4) is 0 Å². The van der Waals surface area contributed by atoms with Gasteiger partial charge in [-0.3, -0.25) is 11.3 Å². The molecule has 96 valence electrons. The highest BCUT2D eigenvalue weighted by molar-refractivity contribution is 7.09. The monoisotopic (exact) mass is 260 g/mol. The van der Waals surface area contributed by atoms with E-state index in [9.17, 15) is 0 Å². The molecular formula is C15H20N2S. The Morgan fingerprint density at radius 1 is 1.17 bits per heavy atom. The van der Waals surface area contributed by atoms with Gasteiger partial charge in [-0.25, -0.2) is 0 Å². The molecule has 0 spiro atoms. The number of rotatable bonds is 6. The predicted molar refractivity (Wildman–Crippen MR) is 78.6 cm³/mol.